The van der Waals surface area contributed by atoms with Crippen LogP contribution in [-0.4, -0.2) is 32.9 Å². The number of fused-ring (bicyclic) bond motifs is 1. The Morgan fingerprint density at radius 1 is 1.32 bits per heavy atom. The van der Waals surface area contributed by atoms with Crippen molar-refractivity contribution >= 4 is 16.9 Å². The van der Waals surface area contributed by atoms with Gasteiger partial charge in [0.2, 0.25) is 0 Å². The van der Waals surface area contributed by atoms with Crippen molar-refractivity contribution in [3.63, 3.8) is 0 Å². The van der Waals surface area contributed by atoms with E-state index in [9.17, 15) is 4.79 Å². The van der Waals surface area contributed by atoms with Crippen LogP contribution in [0.25, 0.3) is 11.0 Å². The van der Waals surface area contributed by atoms with Gasteiger partial charge < -0.3 is 9.47 Å². The number of benzene rings is 1. The highest BCUT2D eigenvalue weighted by Crippen LogP contribution is 2.20. The van der Waals surface area contributed by atoms with Crippen LogP contribution in [0.1, 0.15) is 37.0 Å². The highest BCUT2D eigenvalue weighted by molar-refractivity contribution is 5.97. The number of hydrogen-bond donors (Lipinski definition) is 0. The smallest absolute Gasteiger partial charge is 0.254 e. The van der Waals surface area contributed by atoms with Gasteiger partial charge >= 0.3 is 0 Å². The minimum Gasteiger partial charge on any atom is -0.337 e. The molecule has 2 aromatic rings. The molecule has 102 valence electrons. The Kier molecular flexibility index (Phi) is 3.12. The van der Waals surface area contributed by atoms with Gasteiger partial charge in [0.25, 0.3) is 5.91 Å². The molecule has 0 unspecified atom stereocenters. The largest absolute Gasteiger partial charge is 0.337 e. The van der Waals surface area contributed by atoms with Crippen molar-refractivity contribution in [2.75, 3.05) is 7.05 Å². The van der Waals surface area contributed by atoms with Gasteiger partial charge in [-0.05, 0) is 45.9 Å². The molecule has 19 heavy (non-hydrogen) atoms. The summed E-state index contributed by atoms with van der Waals surface area (Å²) in [4.78, 5) is 18.7. The molecule has 0 spiro atoms. The standard InChI is InChI=1S/C15H21N3O/c1-10-16-12-8-7-11(9-13(12)17(10)5)14(19)18(6)15(2,3)4/h7-9H,1-6H3. The maximum absolute atomic E-state index is 12.4. The second kappa shape index (κ2) is 4.37. The quantitative estimate of drug-likeness (QED) is 0.789. The van der Waals surface area contributed by atoms with Crippen molar-refractivity contribution in [1.29, 1.82) is 0 Å². The van der Waals surface area contributed by atoms with Crippen molar-refractivity contribution < 1.29 is 4.79 Å². The molecule has 0 N–H and O–H groups in total. The van der Waals surface area contributed by atoms with Gasteiger partial charge in [-0.25, -0.2) is 4.98 Å². The molecule has 0 bridgehead atoms. The monoisotopic (exact) mass is 259 g/mol. The van der Waals surface area contributed by atoms with Crippen molar-refractivity contribution in [1.82, 2.24) is 14.5 Å². The van der Waals surface area contributed by atoms with Crippen LogP contribution >= 0.6 is 0 Å². The van der Waals surface area contributed by atoms with Gasteiger partial charge in [0.15, 0.2) is 0 Å². The summed E-state index contributed by atoms with van der Waals surface area (Å²) in [5, 5.41) is 0. The fourth-order valence-electron chi connectivity index (χ4n) is 1.94. The average molecular weight is 259 g/mol. The van der Waals surface area contributed by atoms with Crippen LogP contribution in [0.5, 0.6) is 0 Å². The lowest BCUT2D eigenvalue weighted by Crippen LogP contribution is -2.42. The molecule has 2 rings (SSSR count). The van der Waals surface area contributed by atoms with Crippen molar-refractivity contribution in [2.45, 2.75) is 33.2 Å². The molecule has 4 heteroatoms. The van der Waals surface area contributed by atoms with E-state index in [2.05, 4.69) is 4.98 Å². The van der Waals surface area contributed by atoms with Gasteiger partial charge in [-0.2, -0.15) is 0 Å². The Morgan fingerprint density at radius 2 is 1.95 bits per heavy atom. The van der Waals surface area contributed by atoms with E-state index in [4.69, 9.17) is 0 Å². The molecule has 1 amide bonds. The number of imidazole rings is 1. The summed E-state index contributed by atoms with van der Waals surface area (Å²) in [6, 6.07) is 5.67. The molecule has 1 heterocycles. The molecule has 0 atom stereocenters. The van der Waals surface area contributed by atoms with Gasteiger partial charge in [0.1, 0.15) is 5.82 Å². The summed E-state index contributed by atoms with van der Waals surface area (Å²) in [7, 11) is 3.80. The third-order valence-corrected chi connectivity index (χ3v) is 3.66. The van der Waals surface area contributed by atoms with Crippen LogP contribution in [0.4, 0.5) is 0 Å². The van der Waals surface area contributed by atoms with E-state index in [1.807, 2.05) is 64.6 Å². The average Bonchev–Trinajstić information content (AvgIpc) is 2.62. The minimum atomic E-state index is -0.186. The number of aryl methyl sites for hydroxylation is 2. The number of rotatable bonds is 1. The molecular formula is C15H21N3O. The van der Waals surface area contributed by atoms with Crippen molar-refractivity contribution in [3.05, 3.63) is 29.6 Å². The lowest BCUT2D eigenvalue weighted by Gasteiger charge is -2.32. The first kappa shape index (κ1) is 13.6. The lowest BCUT2D eigenvalue weighted by molar-refractivity contribution is 0.0656. The van der Waals surface area contributed by atoms with Crippen LogP contribution in [0, 0.1) is 6.92 Å². The van der Waals surface area contributed by atoms with E-state index < -0.39 is 0 Å². The predicted octanol–water partition coefficient (Wildman–Crippen LogP) is 2.75. The van der Waals surface area contributed by atoms with E-state index in [-0.39, 0.29) is 11.4 Å². The Hall–Kier alpha value is -1.84. The molecule has 0 radical (unpaired) electrons. The molecule has 0 fully saturated rings. The van der Waals surface area contributed by atoms with Crippen molar-refractivity contribution in [2.24, 2.45) is 7.05 Å². The number of aromatic nitrogens is 2. The molecule has 0 saturated carbocycles. The van der Waals surface area contributed by atoms with E-state index in [1.165, 1.54) is 0 Å². The highest BCUT2D eigenvalue weighted by atomic mass is 16.2. The zero-order chi connectivity index (χ0) is 14.4. The number of carbonyl (C=O) groups excluding carboxylic acids is 1. The third kappa shape index (κ3) is 2.35. The second-order valence-electron chi connectivity index (χ2n) is 5.96. The van der Waals surface area contributed by atoms with Gasteiger partial charge in [-0.1, -0.05) is 0 Å². The zero-order valence-electron chi connectivity index (χ0n) is 12.5. The van der Waals surface area contributed by atoms with E-state index in [1.54, 1.807) is 4.90 Å². The van der Waals surface area contributed by atoms with Gasteiger partial charge in [0, 0.05) is 25.2 Å². The first-order valence-corrected chi connectivity index (χ1v) is 6.43. The molecule has 4 nitrogen and oxygen atoms in total. The lowest BCUT2D eigenvalue weighted by atomic mass is 10.0. The zero-order valence-corrected chi connectivity index (χ0v) is 12.5. The molecule has 0 aliphatic carbocycles. The molecule has 0 aliphatic heterocycles. The van der Waals surface area contributed by atoms with Crippen LogP contribution in [0.3, 0.4) is 0 Å². The Bertz CT molecular complexity index is 635. The third-order valence-electron chi connectivity index (χ3n) is 3.66. The molecule has 1 aromatic carbocycles. The fraction of sp³-hybridized carbons (Fsp3) is 0.467. The van der Waals surface area contributed by atoms with Crippen molar-refractivity contribution in [3.8, 4) is 0 Å². The van der Waals surface area contributed by atoms with Gasteiger partial charge in [-0.3, -0.25) is 4.79 Å². The van der Waals surface area contributed by atoms with Gasteiger partial charge in [-0.15, -0.1) is 0 Å². The number of nitrogens with zero attached hydrogens (tertiary/aromatic N) is 3. The summed E-state index contributed by atoms with van der Waals surface area (Å²) < 4.78 is 2.00. The Morgan fingerprint density at radius 3 is 2.53 bits per heavy atom. The first-order chi connectivity index (χ1) is 8.71. The van der Waals surface area contributed by atoms with Crippen LogP contribution in [0.15, 0.2) is 18.2 Å². The van der Waals surface area contributed by atoms with E-state index in [0.29, 0.717) is 5.56 Å². The van der Waals surface area contributed by atoms with Crippen LogP contribution in [0.2, 0.25) is 0 Å². The highest BCUT2D eigenvalue weighted by Gasteiger charge is 2.23. The van der Waals surface area contributed by atoms with Gasteiger partial charge in [0.05, 0.1) is 11.0 Å². The van der Waals surface area contributed by atoms with Crippen LogP contribution in [-0.2, 0) is 7.05 Å². The maximum atomic E-state index is 12.4. The van der Waals surface area contributed by atoms with E-state index >= 15 is 0 Å². The number of hydrogen-bond acceptors (Lipinski definition) is 2. The predicted molar refractivity (Wildman–Crippen MR) is 77.3 cm³/mol. The fourth-order valence-corrected chi connectivity index (χ4v) is 1.94. The Labute approximate surface area is 114 Å². The van der Waals surface area contributed by atoms with Crippen LogP contribution < -0.4 is 0 Å². The number of amides is 1. The summed E-state index contributed by atoms with van der Waals surface area (Å²) >= 11 is 0. The summed E-state index contributed by atoms with van der Waals surface area (Å²) in [5.74, 6) is 0.983. The van der Waals surface area contributed by atoms with E-state index in [0.717, 1.165) is 16.9 Å². The topological polar surface area (TPSA) is 38.1 Å². The minimum absolute atomic E-state index is 0.0354. The maximum Gasteiger partial charge on any atom is 0.254 e. The molecule has 1 aromatic heterocycles. The second-order valence-corrected chi connectivity index (χ2v) is 5.96. The summed E-state index contributed by atoms with van der Waals surface area (Å²) in [6.07, 6.45) is 0. The number of carbonyl (C=O) groups is 1. The summed E-state index contributed by atoms with van der Waals surface area (Å²) in [5.41, 5.74) is 2.43. The Balaban J connectivity index is 2.46. The molecule has 0 saturated heterocycles. The first-order valence-electron chi connectivity index (χ1n) is 6.43. The molecule has 0 aliphatic rings. The normalized spacial score (nSPS) is 11.9. The SMILES string of the molecule is Cc1nc2ccc(C(=O)N(C)C(C)(C)C)cc2n1C. The summed E-state index contributed by atoms with van der Waals surface area (Å²) in [6.45, 7) is 8.04. The molecular weight excluding hydrogens is 238 g/mol.